The highest BCUT2D eigenvalue weighted by atomic mass is 32.2. The molecular formula is C90H130N20O21S. The van der Waals surface area contributed by atoms with Crippen molar-refractivity contribution < 1.29 is 102 Å². The molecule has 722 valence electrons. The number of methoxy groups -OCH3 is 1. The molecule has 42 heteroatoms. The predicted molar refractivity (Wildman–Crippen MR) is 488 cm³/mol. The Labute approximate surface area is 770 Å². The number of para-hydroxylation sites is 1. The lowest BCUT2D eigenvalue weighted by molar-refractivity contribution is -0.149. The maximum atomic E-state index is 16.0. The number of aromatic amines is 1. The summed E-state index contributed by atoms with van der Waals surface area (Å²) in [4.78, 5) is 257. The number of aromatic hydroxyl groups is 1. The number of carboxylic acids is 1. The molecule has 3 saturated heterocycles. The molecule has 0 aliphatic carbocycles. The van der Waals surface area contributed by atoms with Crippen LogP contribution in [-0.2, 0) is 107 Å². The number of nitrogens with one attached hydrogen (secondary N) is 10. The average Bonchev–Trinajstić information content (AvgIpc) is 1.64. The van der Waals surface area contributed by atoms with E-state index < -0.39 is 229 Å². The Kier molecular flexibility index (Phi) is 39.1. The number of thioether (sulfide) groups is 1. The summed E-state index contributed by atoms with van der Waals surface area (Å²) in [7, 11) is 5.35. The number of phenolic OH excluding ortho intramolecular Hbond substituents is 1. The summed E-state index contributed by atoms with van der Waals surface area (Å²) >= 11 is 0.824. The lowest BCUT2D eigenvalue weighted by Gasteiger charge is -2.36. The summed E-state index contributed by atoms with van der Waals surface area (Å²) in [5.74, 6) is -17.2. The number of primary amides is 2. The van der Waals surface area contributed by atoms with Crippen LogP contribution in [0.1, 0.15) is 149 Å². The standard InChI is InChI=1S/C90H130N20O21S/c1-12-14-21-70-83(123)98-61(33-48(3)4)80(120)104-68(77(94)117)46-132-47-75(114)96-64(35-51-24-26-54(111)27-25-51)86(126)105(8)50(7)78(118)100-66(40-74(93)113)88(128)109-32-18-23-71(109)84(124)103-67(41-92)82(122)101-63(34-49(5)6)89(129)110-44-55(112)38-73(110)85(125)99-62(36-52-42-95-59-20-17-16-19-57(52)59)81(121)97-60(30-31-91)79(119)102-65(87(127)107(10)72(22-15-13-2)90(130)106(70)9)37-53-43-108(45-76(115)116)69-29-28-56(131-11)39-58(53)69/h16-17,19-20,24-29,39,42-43,48-50,55,60-68,70-73,95,111-112H,12-15,18,21-23,30-38,40-41,44-47,91-92H2,1-11H3,(H2,93,113)(H2,94,117)(H,96,114)(H,97,121)(H,98,123)(H,99,125)(H,100,118)(H,101,122)(H,102,119)(H,103,124)(H,104,120)(H,115,116)/t50-,55+,60-,61-,62-,63-,64-,65-,66-,67-,68-,70-,71-,72-,73-/m0/s1. The van der Waals surface area contributed by atoms with Crippen LogP contribution in [0.3, 0.4) is 0 Å². The Bertz CT molecular complexity index is 4970. The summed E-state index contributed by atoms with van der Waals surface area (Å²) in [6.07, 6.45) is 1.10. The van der Waals surface area contributed by atoms with E-state index in [4.69, 9.17) is 27.7 Å². The first-order valence-electron chi connectivity index (χ1n) is 44.7. The Morgan fingerprint density at radius 1 is 0.568 bits per heavy atom. The number of H-pyrrole nitrogens is 1. The van der Waals surface area contributed by atoms with Crippen molar-refractivity contribution in [2.24, 2.45) is 34.8 Å². The van der Waals surface area contributed by atoms with Crippen LogP contribution in [0.5, 0.6) is 11.5 Å². The molecule has 3 fully saturated rings. The molecule has 2 aromatic heterocycles. The quantitative estimate of drug-likeness (QED) is 0.0321. The third-order valence-electron chi connectivity index (χ3n) is 24.0. The van der Waals surface area contributed by atoms with Gasteiger partial charge in [-0.1, -0.05) is 97.6 Å². The first-order valence-corrected chi connectivity index (χ1v) is 45.8. The smallest absolute Gasteiger partial charge is 0.323 e. The van der Waals surface area contributed by atoms with Gasteiger partial charge in [0.2, 0.25) is 94.5 Å². The first-order chi connectivity index (χ1) is 62.6. The minimum Gasteiger partial charge on any atom is -0.508 e. The van der Waals surface area contributed by atoms with Crippen molar-refractivity contribution in [2.75, 3.05) is 65.9 Å². The lowest BCUT2D eigenvalue weighted by Crippen LogP contribution is -2.62. The fraction of sp³-hybridized carbons (Fsp3) is 0.567. The minimum atomic E-state index is -1.75. The van der Waals surface area contributed by atoms with E-state index in [-0.39, 0.29) is 101 Å². The first kappa shape index (κ1) is 105. The van der Waals surface area contributed by atoms with E-state index in [0.717, 1.165) is 31.4 Å². The maximum absolute atomic E-state index is 16.0. The largest absolute Gasteiger partial charge is 0.508 e. The molecule has 0 radical (unpaired) electrons. The number of rotatable bonds is 25. The van der Waals surface area contributed by atoms with Gasteiger partial charge in [0.25, 0.3) is 0 Å². The lowest BCUT2D eigenvalue weighted by atomic mass is 9.99. The zero-order chi connectivity index (χ0) is 97.2. The molecule has 3 aliphatic heterocycles. The number of aliphatic hydroxyl groups is 1. The number of aliphatic hydroxyl groups excluding tert-OH is 1. The van der Waals surface area contributed by atoms with Crippen LogP contribution in [0, 0.1) is 11.8 Å². The molecule has 3 aliphatic rings. The van der Waals surface area contributed by atoms with Gasteiger partial charge in [0.05, 0.1) is 25.4 Å². The molecule has 16 amide bonds. The van der Waals surface area contributed by atoms with Crippen LogP contribution in [0.25, 0.3) is 21.8 Å². The van der Waals surface area contributed by atoms with Gasteiger partial charge < -0.3 is 125 Å². The number of nitrogens with two attached hydrogens (primary N) is 4. The fourth-order valence-corrected chi connectivity index (χ4v) is 17.5. The third-order valence-corrected chi connectivity index (χ3v) is 25.0. The summed E-state index contributed by atoms with van der Waals surface area (Å²) in [6, 6.07) is -3.71. The number of carboxylic acid groups (broad SMARTS) is 1. The van der Waals surface area contributed by atoms with E-state index in [1.54, 1.807) is 76.4 Å². The number of unbranched alkanes of at least 4 members (excludes halogenated alkanes) is 2. The number of aliphatic carboxylic acids is 1. The van der Waals surface area contributed by atoms with Crippen LogP contribution in [0.15, 0.2) is 79.1 Å². The molecule has 5 aromatic rings. The molecule has 0 unspecified atom stereocenters. The van der Waals surface area contributed by atoms with Crippen molar-refractivity contribution in [1.82, 2.24) is 81.9 Å². The van der Waals surface area contributed by atoms with Crippen molar-refractivity contribution >= 4 is 134 Å². The van der Waals surface area contributed by atoms with Gasteiger partial charge in [-0.25, -0.2) is 0 Å². The Morgan fingerprint density at radius 2 is 1.13 bits per heavy atom. The van der Waals surface area contributed by atoms with E-state index in [1.807, 2.05) is 13.8 Å². The molecule has 41 nitrogen and oxygen atoms in total. The van der Waals surface area contributed by atoms with Gasteiger partial charge in [0.15, 0.2) is 0 Å². The number of aromatic nitrogens is 2. The number of hydrogen-bond acceptors (Lipinski definition) is 23. The molecule has 5 heterocycles. The maximum Gasteiger partial charge on any atom is 0.323 e. The van der Waals surface area contributed by atoms with E-state index >= 15 is 33.6 Å². The van der Waals surface area contributed by atoms with Crippen LogP contribution >= 0.6 is 11.8 Å². The topological polar surface area (TPSA) is 609 Å². The van der Waals surface area contributed by atoms with E-state index in [1.165, 1.54) is 75.1 Å². The Balaban J connectivity index is 1.20. The summed E-state index contributed by atoms with van der Waals surface area (Å²) in [5, 5.41) is 57.0. The van der Waals surface area contributed by atoms with Crippen LogP contribution in [0.4, 0.5) is 0 Å². The highest BCUT2D eigenvalue weighted by Gasteiger charge is 2.47. The molecule has 21 N–H and O–H groups in total. The van der Waals surface area contributed by atoms with Gasteiger partial charge in [0, 0.05) is 106 Å². The zero-order valence-corrected chi connectivity index (χ0v) is 77.5. The predicted octanol–water partition coefficient (Wildman–Crippen LogP) is -1.35. The number of ether oxygens (including phenoxy) is 1. The number of phenols is 1. The number of benzene rings is 3. The summed E-state index contributed by atoms with van der Waals surface area (Å²) in [6.45, 7) is 10.0. The van der Waals surface area contributed by atoms with Gasteiger partial charge >= 0.3 is 5.97 Å². The molecule has 3 aromatic carbocycles. The number of carbonyl (C=O) groups is 17. The summed E-state index contributed by atoms with van der Waals surface area (Å²) < 4.78 is 7.02. The van der Waals surface area contributed by atoms with Crippen molar-refractivity contribution in [3.05, 3.63) is 95.8 Å². The van der Waals surface area contributed by atoms with Crippen LogP contribution in [0.2, 0.25) is 0 Å². The number of amides is 16. The van der Waals surface area contributed by atoms with Crippen molar-refractivity contribution in [3.63, 3.8) is 0 Å². The Hall–Kier alpha value is -12.4. The number of carbonyl (C=O) groups excluding carboxylic acids is 16. The van der Waals surface area contributed by atoms with Crippen molar-refractivity contribution in [2.45, 2.75) is 248 Å². The molecule has 0 saturated carbocycles. The molecule has 132 heavy (non-hydrogen) atoms. The average molecular weight is 1860 g/mol. The number of hydrogen-bond donors (Lipinski definition) is 17. The van der Waals surface area contributed by atoms with Crippen molar-refractivity contribution in [1.29, 1.82) is 0 Å². The fourth-order valence-electron chi connectivity index (χ4n) is 16.7. The number of likely N-dealkylation sites (N-methyl/N-ethyl adjacent to an activating group) is 3. The molecule has 0 spiro atoms. The monoisotopic (exact) mass is 1860 g/mol. The van der Waals surface area contributed by atoms with E-state index in [0.29, 0.717) is 69.9 Å². The molecule has 0 bridgehead atoms. The minimum absolute atomic E-state index is 0.00702. The van der Waals surface area contributed by atoms with Crippen LogP contribution < -0.4 is 75.5 Å². The normalized spacial score (nSPS) is 25.2. The summed E-state index contributed by atoms with van der Waals surface area (Å²) in [5.41, 5.74) is 26.3. The second-order valence-corrected chi connectivity index (χ2v) is 35.9. The van der Waals surface area contributed by atoms with E-state index in [2.05, 4.69) is 52.8 Å². The molecule has 8 rings (SSSR count). The van der Waals surface area contributed by atoms with Gasteiger partial charge in [-0.05, 0) is 123 Å². The third kappa shape index (κ3) is 28.3. The SMILES string of the molecule is CCCC[C@H]1C(=O)N(C)[C@@H](CCCC)C(=O)N[C@@H](CC(C)C)C(=O)N[C@H](C(N)=O)CSCC(=O)N[C@@H](Cc2ccc(O)cc2)C(=O)N(C)[C@@H](C)C(=O)N[C@@H](CC(N)=O)C(=O)N2CCC[C@H]2C(=O)N[C@@H](CN)C(=O)N[C@@H](CC(C)C)C(=O)N2C[C@H](O)C[C@H]2C(=O)N[C@@H](Cc2c[nH]c3ccccc23)C(=O)N[C@@H](CCN)C(=O)N[C@@H](Cc2cn(CC(=O)O)c3ccc(OC)cc23)C(=O)N1C. The van der Waals surface area contributed by atoms with Gasteiger partial charge in [-0.3, -0.25) is 81.5 Å². The second kappa shape index (κ2) is 49.2. The number of fused-ring (bicyclic) bond motifs is 4. The number of nitrogens with zero attached hydrogens (tertiary/aromatic N) is 6. The van der Waals surface area contributed by atoms with Crippen LogP contribution in [-0.4, -0.2) is 306 Å². The molecular weight excluding hydrogens is 1730 g/mol. The van der Waals surface area contributed by atoms with Gasteiger partial charge in [-0.2, -0.15) is 0 Å². The highest BCUT2D eigenvalue weighted by molar-refractivity contribution is 8.00. The van der Waals surface area contributed by atoms with Gasteiger partial charge in [0.1, 0.15) is 103 Å². The molecule has 15 atom stereocenters. The second-order valence-electron chi connectivity index (χ2n) is 34.9. The van der Waals surface area contributed by atoms with Crippen molar-refractivity contribution in [3.8, 4) is 11.5 Å². The van der Waals surface area contributed by atoms with E-state index in [9.17, 15) is 63.3 Å². The van der Waals surface area contributed by atoms with Gasteiger partial charge in [-0.15, -0.1) is 11.8 Å². The zero-order valence-electron chi connectivity index (χ0n) is 76.7. The Morgan fingerprint density at radius 3 is 1.77 bits per heavy atom. The highest BCUT2D eigenvalue weighted by Crippen LogP contribution is 2.31.